The minimum atomic E-state index is 0.260. The molecule has 0 aromatic heterocycles. The van der Waals surface area contributed by atoms with Crippen LogP contribution in [0.5, 0.6) is 0 Å². The lowest BCUT2D eigenvalue weighted by Crippen LogP contribution is -2.31. The smallest absolute Gasteiger partial charge is 0.164 e. The van der Waals surface area contributed by atoms with Gasteiger partial charge in [-0.2, -0.15) is 0 Å². The van der Waals surface area contributed by atoms with Crippen molar-refractivity contribution in [2.75, 3.05) is 19.6 Å². The number of Topliss-reactive ketones (excluding diaryl/α,β-unsaturated/α-hetero) is 1. The van der Waals surface area contributed by atoms with Crippen LogP contribution in [-0.4, -0.2) is 30.3 Å². The maximum Gasteiger partial charge on any atom is 0.164 e. The molecule has 1 aliphatic heterocycles. The fourth-order valence-electron chi connectivity index (χ4n) is 3.76. The molecule has 122 valence electrons. The predicted octanol–water partition coefficient (Wildman–Crippen LogP) is 5.05. The SMILES string of the molecule is O=C(CCN1CCCCC1)c1ccc2ccc3ccccc3c2c1. The molecule has 0 atom stereocenters. The van der Waals surface area contributed by atoms with Crippen LogP contribution in [0.2, 0.25) is 0 Å². The molecule has 2 heteroatoms. The molecule has 3 aromatic carbocycles. The van der Waals surface area contributed by atoms with Crippen molar-refractivity contribution in [3.05, 3.63) is 60.2 Å². The van der Waals surface area contributed by atoms with E-state index in [0.717, 1.165) is 25.2 Å². The summed E-state index contributed by atoms with van der Waals surface area (Å²) in [5.41, 5.74) is 0.843. The van der Waals surface area contributed by atoms with Gasteiger partial charge in [0.15, 0.2) is 5.78 Å². The van der Waals surface area contributed by atoms with Gasteiger partial charge >= 0.3 is 0 Å². The number of rotatable bonds is 4. The zero-order valence-corrected chi connectivity index (χ0v) is 14.0. The highest BCUT2D eigenvalue weighted by Gasteiger charge is 2.13. The molecule has 4 rings (SSSR count). The Bertz CT molecular complexity index is 877. The second-order valence-corrected chi connectivity index (χ2v) is 6.80. The molecule has 1 heterocycles. The monoisotopic (exact) mass is 317 g/mol. The van der Waals surface area contributed by atoms with E-state index in [4.69, 9.17) is 0 Å². The van der Waals surface area contributed by atoms with Gasteiger partial charge in [0.2, 0.25) is 0 Å². The Morgan fingerprint density at radius 3 is 2.38 bits per heavy atom. The van der Waals surface area contributed by atoms with Gasteiger partial charge in [0.25, 0.3) is 0 Å². The molecule has 0 unspecified atom stereocenters. The number of hydrogen-bond donors (Lipinski definition) is 0. The summed E-state index contributed by atoms with van der Waals surface area (Å²) in [6.07, 6.45) is 4.50. The van der Waals surface area contributed by atoms with Crippen molar-refractivity contribution >= 4 is 27.3 Å². The summed E-state index contributed by atoms with van der Waals surface area (Å²) in [6.45, 7) is 3.19. The second kappa shape index (κ2) is 6.74. The van der Waals surface area contributed by atoms with Crippen LogP contribution in [-0.2, 0) is 0 Å². The van der Waals surface area contributed by atoms with E-state index in [2.05, 4.69) is 53.4 Å². The van der Waals surface area contributed by atoms with Gasteiger partial charge in [-0.05, 0) is 53.5 Å². The second-order valence-electron chi connectivity index (χ2n) is 6.80. The van der Waals surface area contributed by atoms with Crippen molar-refractivity contribution in [3.8, 4) is 0 Å². The van der Waals surface area contributed by atoms with Crippen molar-refractivity contribution in [2.24, 2.45) is 0 Å². The van der Waals surface area contributed by atoms with Crippen molar-refractivity contribution in [1.29, 1.82) is 0 Å². The maximum absolute atomic E-state index is 12.6. The lowest BCUT2D eigenvalue weighted by Gasteiger charge is -2.25. The number of hydrogen-bond acceptors (Lipinski definition) is 2. The molecule has 0 aliphatic carbocycles. The van der Waals surface area contributed by atoms with E-state index in [1.807, 2.05) is 6.07 Å². The number of likely N-dealkylation sites (tertiary alicyclic amines) is 1. The molecule has 0 radical (unpaired) electrons. The van der Waals surface area contributed by atoms with E-state index in [0.29, 0.717) is 6.42 Å². The molecule has 3 aromatic rings. The summed E-state index contributed by atoms with van der Waals surface area (Å²) in [6, 6.07) is 18.8. The number of ketones is 1. The Balaban J connectivity index is 1.59. The number of piperidine rings is 1. The molecule has 0 N–H and O–H groups in total. The fourth-order valence-corrected chi connectivity index (χ4v) is 3.76. The molecule has 0 bridgehead atoms. The first-order chi connectivity index (χ1) is 11.8. The number of fused-ring (bicyclic) bond motifs is 3. The topological polar surface area (TPSA) is 20.3 Å². The van der Waals surface area contributed by atoms with Gasteiger partial charge < -0.3 is 4.90 Å². The fraction of sp³-hybridized carbons (Fsp3) is 0.318. The van der Waals surface area contributed by atoms with E-state index in [1.54, 1.807) is 0 Å². The Labute approximate surface area is 143 Å². The van der Waals surface area contributed by atoms with Gasteiger partial charge in [0.1, 0.15) is 0 Å². The molecule has 0 saturated carbocycles. The van der Waals surface area contributed by atoms with Gasteiger partial charge in [-0.1, -0.05) is 55.0 Å². The summed E-state index contributed by atoms with van der Waals surface area (Å²) in [5, 5.41) is 4.82. The lowest BCUT2D eigenvalue weighted by atomic mass is 9.98. The average Bonchev–Trinajstić information content (AvgIpc) is 2.66. The normalized spacial score (nSPS) is 15.8. The van der Waals surface area contributed by atoms with Crippen LogP contribution in [0.25, 0.3) is 21.5 Å². The van der Waals surface area contributed by atoms with Gasteiger partial charge in [-0.15, -0.1) is 0 Å². The third-order valence-electron chi connectivity index (χ3n) is 5.17. The van der Waals surface area contributed by atoms with Crippen LogP contribution in [0.3, 0.4) is 0 Å². The molecule has 1 aliphatic rings. The quantitative estimate of drug-likeness (QED) is 0.495. The summed E-state index contributed by atoms with van der Waals surface area (Å²) in [7, 11) is 0. The third kappa shape index (κ3) is 3.07. The van der Waals surface area contributed by atoms with Gasteiger partial charge in [-0.25, -0.2) is 0 Å². The van der Waals surface area contributed by atoms with E-state index in [9.17, 15) is 4.79 Å². The van der Waals surface area contributed by atoms with Crippen LogP contribution in [0, 0.1) is 0 Å². The molecule has 2 nitrogen and oxygen atoms in total. The third-order valence-corrected chi connectivity index (χ3v) is 5.17. The highest BCUT2D eigenvalue weighted by molar-refractivity contribution is 6.10. The zero-order valence-electron chi connectivity index (χ0n) is 14.0. The van der Waals surface area contributed by atoms with Crippen molar-refractivity contribution in [1.82, 2.24) is 4.90 Å². The van der Waals surface area contributed by atoms with Crippen LogP contribution in [0.4, 0.5) is 0 Å². The first-order valence-corrected chi connectivity index (χ1v) is 8.98. The Hall–Kier alpha value is -2.19. The van der Waals surface area contributed by atoms with Crippen molar-refractivity contribution in [2.45, 2.75) is 25.7 Å². The molecule has 0 spiro atoms. The highest BCUT2D eigenvalue weighted by atomic mass is 16.1. The Kier molecular flexibility index (Phi) is 4.31. The standard InChI is InChI=1S/C22H23NO/c24-22(12-15-23-13-4-1-5-14-23)19-11-10-18-9-8-17-6-2-3-7-20(17)21(18)16-19/h2-3,6-11,16H,1,4-5,12-15H2. The number of carbonyl (C=O) groups is 1. The first kappa shape index (κ1) is 15.3. The first-order valence-electron chi connectivity index (χ1n) is 8.98. The Morgan fingerprint density at radius 2 is 1.54 bits per heavy atom. The number of benzene rings is 3. The van der Waals surface area contributed by atoms with Crippen LogP contribution < -0.4 is 0 Å². The molecule has 24 heavy (non-hydrogen) atoms. The van der Waals surface area contributed by atoms with Gasteiger partial charge in [0.05, 0.1) is 0 Å². The zero-order chi connectivity index (χ0) is 16.4. The molecular weight excluding hydrogens is 294 g/mol. The highest BCUT2D eigenvalue weighted by Crippen LogP contribution is 2.26. The van der Waals surface area contributed by atoms with Gasteiger partial charge in [0, 0.05) is 18.5 Å². The minimum absolute atomic E-state index is 0.260. The predicted molar refractivity (Wildman–Crippen MR) is 101 cm³/mol. The van der Waals surface area contributed by atoms with Crippen LogP contribution >= 0.6 is 0 Å². The number of carbonyl (C=O) groups excluding carboxylic acids is 1. The van der Waals surface area contributed by atoms with E-state index < -0.39 is 0 Å². The number of nitrogens with zero attached hydrogens (tertiary/aromatic N) is 1. The molecule has 1 saturated heterocycles. The van der Waals surface area contributed by atoms with E-state index in [1.165, 1.54) is 40.8 Å². The van der Waals surface area contributed by atoms with Gasteiger partial charge in [-0.3, -0.25) is 4.79 Å². The largest absolute Gasteiger partial charge is 0.303 e. The summed E-state index contributed by atoms with van der Waals surface area (Å²) < 4.78 is 0. The lowest BCUT2D eigenvalue weighted by molar-refractivity contribution is 0.0959. The minimum Gasteiger partial charge on any atom is -0.303 e. The average molecular weight is 317 g/mol. The molecular formula is C22H23NO. The Morgan fingerprint density at radius 1 is 0.833 bits per heavy atom. The molecule has 1 fully saturated rings. The van der Waals surface area contributed by atoms with Crippen molar-refractivity contribution in [3.63, 3.8) is 0 Å². The van der Waals surface area contributed by atoms with Crippen molar-refractivity contribution < 1.29 is 4.79 Å². The maximum atomic E-state index is 12.6. The van der Waals surface area contributed by atoms with E-state index in [-0.39, 0.29) is 5.78 Å². The molecule has 0 amide bonds. The summed E-state index contributed by atoms with van der Waals surface area (Å²) in [4.78, 5) is 15.1. The van der Waals surface area contributed by atoms with Crippen LogP contribution in [0.1, 0.15) is 36.0 Å². The summed E-state index contributed by atoms with van der Waals surface area (Å²) in [5.74, 6) is 0.260. The summed E-state index contributed by atoms with van der Waals surface area (Å²) >= 11 is 0. The van der Waals surface area contributed by atoms with Crippen LogP contribution in [0.15, 0.2) is 54.6 Å². The van der Waals surface area contributed by atoms with E-state index >= 15 is 0 Å².